The maximum absolute atomic E-state index is 11.9. The Kier molecular flexibility index (Phi) is 9.71. The highest BCUT2D eigenvalue weighted by atomic mass is 32.1. The predicted octanol–water partition coefficient (Wildman–Crippen LogP) is 1.31. The molecule has 0 spiro atoms. The molecule has 0 fully saturated rings. The van der Waals surface area contributed by atoms with E-state index in [0.29, 0.717) is 19.6 Å². The van der Waals surface area contributed by atoms with Gasteiger partial charge in [0.1, 0.15) is 0 Å². The zero-order chi connectivity index (χ0) is 17.8. The molecule has 8 heteroatoms. The van der Waals surface area contributed by atoms with Crippen LogP contribution >= 0.6 is 11.3 Å². The molecule has 0 bridgehead atoms. The van der Waals surface area contributed by atoms with Crippen LogP contribution in [-0.4, -0.2) is 48.9 Å². The van der Waals surface area contributed by atoms with E-state index in [1.807, 2.05) is 31.4 Å². The van der Waals surface area contributed by atoms with Crippen LogP contribution in [0.5, 0.6) is 0 Å². The molecule has 3 N–H and O–H groups in total. The summed E-state index contributed by atoms with van der Waals surface area (Å²) in [4.78, 5) is 38.0. The average molecular weight is 354 g/mol. The van der Waals surface area contributed by atoms with Crippen molar-refractivity contribution in [1.29, 1.82) is 0 Å². The van der Waals surface area contributed by atoms with Crippen LogP contribution in [0.2, 0.25) is 0 Å². The Bertz CT molecular complexity index is 519. The topological polar surface area (TPSA) is 90.5 Å². The van der Waals surface area contributed by atoms with Gasteiger partial charge in [-0.1, -0.05) is 26.3 Å². The van der Waals surface area contributed by atoms with Crippen molar-refractivity contribution in [2.24, 2.45) is 0 Å². The van der Waals surface area contributed by atoms with E-state index in [-0.39, 0.29) is 19.0 Å². The van der Waals surface area contributed by atoms with Gasteiger partial charge in [0, 0.05) is 11.4 Å². The van der Waals surface area contributed by atoms with Gasteiger partial charge in [-0.05, 0) is 24.4 Å². The maximum Gasteiger partial charge on any atom is 0.321 e. The third-order valence-corrected chi connectivity index (χ3v) is 4.17. The molecule has 0 radical (unpaired) electrons. The van der Waals surface area contributed by atoms with Gasteiger partial charge >= 0.3 is 6.03 Å². The Morgan fingerprint density at radius 1 is 1.12 bits per heavy atom. The van der Waals surface area contributed by atoms with E-state index in [9.17, 15) is 14.4 Å². The number of urea groups is 1. The maximum atomic E-state index is 11.9. The fraction of sp³-hybridized carbons (Fsp3) is 0.562. The van der Waals surface area contributed by atoms with Crippen LogP contribution in [0.4, 0.5) is 4.79 Å². The molecule has 1 heterocycles. The molecule has 0 aliphatic heterocycles. The smallest absolute Gasteiger partial charge is 0.321 e. The first-order valence-electron chi connectivity index (χ1n) is 8.14. The lowest BCUT2D eigenvalue weighted by atomic mass is 10.3. The summed E-state index contributed by atoms with van der Waals surface area (Å²) in [6, 6.07) is 3.39. The summed E-state index contributed by atoms with van der Waals surface area (Å²) in [7, 11) is 0. The molecule has 4 amide bonds. The number of nitrogens with one attached hydrogen (secondary N) is 3. The molecule has 0 saturated heterocycles. The number of hydrogen-bond donors (Lipinski definition) is 3. The molecule has 0 atom stereocenters. The fourth-order valence-electron chi connectivity index (χ4n) is 1.93. The molecule has 0 unspecified atom stereocenters. The summed E-state index contributed by atoms with van der Waals surface area (Å²) in [5, 5.41) is 9.66. The number of amides is 4. The summed E-state index contributed by atoms with van der Waals surface area (Å²) in [6.07, 6.45) is 1.84. The van der Waals surface area contributed by atoms with Gasteiger partial charge in [0.25, 0.3) is 0 Å². The Labute approximate surface area is 146 Å². The lowest BCUT2D eigenvalue weighted by Gasteiger charge is -2.19. The number of unbranched alkanes of at least 4 members (excludes halogenated alkanes) is 1. The molecule has 134 valence electrons. The van der Waals surface area contributed by atoms with Gasteiger partial charge < -0.3 is 10.6 Å². The summed E-state index contributed by atoms with van der Waals surface area (Å²) >= 11 is 1.58. The van der Waals surface area contributed by atoms with Crippen LogP contribution in [-0.2, 0) is 16.1 Å². The van der Waals surface area contributed by atoms with Crippen molar-refractivity contribution in [2.45, 2.75) is 33.2 Å². The molecule has 1 rings (SSSR count). The van der Waals surface area contributed by atoms with E-state index in [0.717, 1.165) is 17.7 Å². The van der Waals surface area contributed by atoms with Crippen molar-refractivity contribution in [3.63, 3.8) is 0 Å². The van der Waals surface area contributed by atoms with E-state index in [1.165, 1.54) is 0 Å². The predicted molar refractivity (Wildman–Crippen MR) is 94.7 cm³/mol. The molecule has 0 aliphatic carbocycles. The number of nitrogens with zero attached hydrogens (tertiary/aromatic N) is 1. The Hall–Kier alpha value is -1.93. The normalized spacial score (nSPS) is 10.5. The van der Waals surface area contributed by atoms with Crippen LogP contribution in [0.15, 0.2) is 17.5 Å². The number of thiophene rings is 1. The van der Waals surface area contributed by atoms with Crippen molar-refractivity contribution >= 4 is 29.2 Å². The van der Waals surface area contributed by atoms with Crippen molar-refractivity contribution in [1.82, 2.24) is 20.9 Å². The highest BCUT2D eigenvalue weighted by Gasteiger charge is 2.14. The number of imide groups is 1. The quantitative estimate of drug-likeness (QED) is 0.553. The van der Waals surface area contributed by atoms with Gasteiger partial charge in [0.2, 0.25) is 11.8 Å². The van der Waals surface area contributed by atoms with Crippen LogP contribution in [0.25, 0.3) is 0 Å². The minimum atomic E-state index is -0.494. The summed E-state index contributed by atoms with van der Waals surface area (Å²) in [5.41, 5.74) is 0. The van der Waals surface area contributed by atoms with E-state index in [1.54, 1.807) is 16.2 Å². The Morgan fingerprint density at radius 2 is 1.88 bits per heavy atom. The van der Waals surface area contributed by atoms with Gasteiger partial charge in [-0.2, -0.15) is 0 Å². The molecule has 0 aromatic carbocycles. The van der Waals surface area contributed by atoms with Crippen LogP contribution in [0, 0.1) is 0 Å². The summed E-state index contributed by atoms with van der Waals surface area (Å²) in [6.45, 7) is 5.57. The van der Waals surface area contributed by atoms with Gasteiger partial charge in [-0.3, -0.25) is 19.8 Å². The highest BCUT2D eigenvalue weighted by Crippen LogP contribution is 2.07. The molecule has 7 nitrogen and oxygen atoms in total. The standard InChI is InChI=1S/C16H26N4O3S/c1-3-5-8-17-16(23)19-15(22)12-20(4-2)11-14(21)18-10-13-7-6-9-24-13/h6-7,9H,3-5,8,10-12H2,1-2H3,(H,18,21)(H2,17,19,22,23). The van der Waals surface area contributed by atoms with Crippen molar-refractivity contribution < 1.29 is 14.4 Å². The van der Waals surface area contributed by atoms with Crippen molar-refractivity contribution in [3.05, 3.63) is 22.4 Å². The first kappa shape index (κ1) is 20.1. The number of carbonyl (C=O) groups excluding carboxylic acids is 3. The summed E-state index contributed by atoms with van der Waals surface area (Å²) in [5.74, 6) is -0.567. The monoisotopic (exact) mass is 354 g/mol. The second kappa shape index (κ2) is 11.6. The van der Waals surface area contributed by atoms with Crippen molar-refractivity contribution in [3.8, 4) is 0 Å². The van der Waals surface area contributed by atoms with Gasteiger partial charge in [0.05, 0.1) is 19.6 Å². The third kappa shape index (κ3) is 8.64. The van der Waals surface area contributed by atoms with E-state index in [2.05, 4.69) is 16.0 Å². The number of rotatable bonds is 10. The minimum absolute atomic E-state index is 0.00409. The number of carbonyl (C=O) groups is 3. The molecule has 1 aromatic heterocycles. The van der Waals surface area contributed by atoms with Crippen LogP contribution < -0.4 is 16.0 Å². The van der Waals surface area contributed by atoms with Crippen LogP contribution in [0.1, 0.15) is 31.6 Å². The van der Waals surface area contributed by atoms with Gasteiger partial charge in [-0.15, -0.1) is 11.3 Å². The molecular weight excluding hydrogens is 328 g/mol. The zero-order valence-corrected chi connectivity index (χ0v) is 15.1. The van der Waals surface area contributed by atoms with E-state index < -0.39 is 11.9 Å². The molecule has 1 aromatic rings. The molecule has 0 saturated carbocycles. The second-order valence-electron chi connectivity index (χ2n) is 5.32. The summed E-state index contributed by atoms with van der Waals surface area (Å²) < 4.78 is 0. The fourth-order valence-corrected chi connectivity index (χ4v) is 2.57. The lowest BCUT2D eigenvalue weighted by molar-refractivity contribution is -0.124. The second-order valence-corrected chi connectivity index (χ2v) is 6.35. The minimum Gasteiger partial charge on any atom is -0.350 e. The van der Waals surface area contributed by atoms with E-state index >= 15 is 0 Å². The first-order valence-corrected chi connectivity index (χ1v) is 9.02. The molecule has 24 heavy (non-hydrogen) atoms. The molecule has 0 aliphatic rings. The van der Waals surface area contributed by atoms with Crippen molar-refractivity contribution in [2.75, 3.05) is 26.2 Å². The first-order chi connectivity index (χ1) is 11.5. The number of hydrogen-bond acceptors (Lipinski definition) is 5. The van der Waals surface area contributed by atoms with Crippen LogP contribution in [0.3, 0.4) is 0 Å². The average Bonchev–Trinajstić information content (AvgIpc) is 3.05. The Morgan fingerprint density at radius 3 is 2.50 bits per heavy atom. The largest absolute Gasteiger partial charge is 0.350 e. The Balaban J connectivity index is 2.28. The van der Waals surface area contributed by atoms with Gasteiger partial charge in [-0.25, -0.2) is 4.79 Å². The SMILES string of the molecule is CCCCNC(=O)NC(=O)CN(CC)CC(=O)NCc1cccs1. The van der Waals surface area contributed by atoms with Gasteiger partial charge in [0.15, 0.2) is 0 Å². The zero-order valence-electron chi connectivity index (χ0n) is 14.3. The third-order valence-electron chi connectivity index (χ3n) is 3.29. The molecular formula is C16H26N4O3S. The highest BCUT2D eigenvalue weighted by molar-refractivity contribution is 7.09. The lowest BCUT2D eigenvalue weighted by Crippen LogP contribution is -2.46. The van der Waals surface area contributed by atoms with E-state index in [4.69, 9.17) is 0 Å². The number of likely N-dealkylation sites (N-methyl/N-ethyl adjacent to an activating group) is 1.